The van der Waals surface area contributed by atoms with Crippen molar-refractivity contribution in [3.8, 4) is 0 Å². The van der Waals surface area contributed by atoms with Crippen molar-refractivity contribution in [1.82, 2.24) is 0 Å². The van der Waals surface area contributed by atoms with Crippen LogP contribution in [0.2, 0.25) is 0 Å². The Labute approximate surface area is 117 Å². The number of benzene rings is 2. The van der Waals surface area contributed by atoms with E-state index in [0.717, 1.165) is 21.2 Å². The number of hydrogen-bond acceptors (Lipinski definition) is 1. The van der Waals surface area contributed by atoms with Crippen LogP contribution in [-0.4, -0.2) is 5.11 Å². The van der Waals surface area contributed by atoms with Crippen LogP contribution in [0, 0.1) is 20.8 Å². The molecule has 0 aliphatic carbocycles. The molecular formula is C16H17BrO. The Balaban J connectivity index is 2.44. The first-order valence-corrected chi connectivity index (χ1v) is 6.79. The largest absolute Gasteiger partial charge is 0.384 e. The molecule has 1 atom stereocenters. The van der Waals surface area contributed by atoms with Gasteiger partial charge in [-0.25, -0.2) is 0 Å². The minimum atomic E-state index is -0.583. The Morgan fingerprint density at radius 3 is 2.00 bits per heavy atom. The summed E-state index contributed by atoms with van der Waals surface area (Å²) in [5, 5.41) is 10.5. The van der Waals surface area contributed by atoms with Crippen molar-refractivity contribution in [1.29, 1.82) is 0 Å². The molecule has 0 saturated carbocycles. The molecule has 2 aromatic carbocycles. The minimum absolute atomic E-state index is 0.583. The first-order chi connectivity index (χ1) is 8.49. The number of hydrogen-bond donors (Lipinski definition) is 1. The van der Waals surface area contributed by atoms with Gasteiger partial charge in [-0.3, -0.25) is 0 Å². The van der Waals surface area contributed by atoms with E-state index < -0.39 is 6.10 Å². The van der Waals surface area contributed by atoms with E-state index >= 15 is 0 Å². The van der Waals surface area contributed by atoms with Gasteiger partial charge in [0.05, 0.1) is 0 Å². The first-order valence-electron chi connectivity index (χ1n) is 6.00. The Morgan fingerprint density at radius 1 is 0.889 bits per heavy atom. The van der Waals surface area contributed by atoms with Gasteiger partial charge in [0.2, 0.25) is 0 Å². The number of aliphatic hydroxyl groups excluding tert-OH is 1. The molecule has 1 nitrogen and oxygen atoms in total. The fourth-order valence-corrected chi connectivity index (χ4v) is 2.86. The van der Waals surface area contributed by atoms with E-state index in [4.69, 9.17) is 0 Å². The monoisotopic (exact) mass is 304 g/mol. The van der Waals surface area contributed by atoms with Crippen LogP contribution in [0.1, 0.15) is 33.9 Å². The van der Waals surface area contributed by atoms with Crippen LogP contribution in [0.4, 0.5) is 0 Å². The van der Waals surface area contributed by atoms with Gasteiger partial charge in [-0.05, 0) is 49.1 Å². The molecule has 0 aliphatic heterocycles. The third-order valence-corrected chi connectivity index (χ3v) is 3.86. The van der Waals surface area contributed by atoms with E-state index in [2.05, 4.69) is 28.9 Å². The molecule has 0 spiro atoms. The maximum atomic E-state index is 10.5. The molecule has 0 aromatic heterocycles. The van der Waals surface area contributed by atoms with Gasteiger partial charge in [-0.1, -0.05) is 51.8 Å². The lowest BCUT2D eigenvalue weighted by atomic mass is 9.96. The second kappa shape index (κ2) is 5.25. The highest BCUT2D eigenvalue weighted by molar-refractivity contribution is 9.10. The average molecular weight is 305 g/mol. The molecule has 0 saturated heterocycles. The zero-order valence-corrected chi connectivity index (χ0v) is 12.5. The van der Waals surface area contributed by atoms with Gasteiger partial charge in [0.15, 0.2) is 0 Å². The van der Waals surface area contributed by atoms with Crippen molar-refractivity contribution in [2.24, 2.45) is 0 Å². The maximum Gasteiger partial charge on any atom is 0.105 e. The Hall–Kier alpha value is -1.12. The molecule has 1 unspecified atom stereocenters. The van der Waals surface area contributed by atoms with Crippen molar-refractivity contribution in [2.45, 2.75) is 26.9 Å². The van der Waals surface area contributed by atoms with Crippen LogP contribution in [0.3, 0.4) is 0 Å². The van der Waals surface area contributed by atoms with Gasteiger partial charge in [-0.15, -0.1) is 0 Å². The third kappa shape index (κ3) is 2.65. The van der Waals surface area contributed by atoms with E-state index in [1.807, 2.05) is 44.2 Å². The molecule has 0 amide bonds. The van der Waals surface area contributed by atoms with E-state index in [9.17, 15) is 5.11 Å². The average Bonchev–Trinajstić information content (AvgIpc) is 2.28. The summed E-state index contributed by atoms with van der Waals surface area (Å²) in [7, 11) is 0. The summed E-state index contributed by atoms with van der Waals surface area (Å²) in [5.41, 5.74) is 5.39. The SMILES string of the molecule is Cc1ccc(C(O)c2ccc(C)cc2Br)c(C)c1. The fourth-order valence-electron chi connectivity index (χ4n) is 2.15. The highest BCUT2D eigenvalue weighted by Gasteiger charge is 2.15. The van der Waals surface area contributed by atoms with E-state index in [-0.39, 0.29) is 0 Å². The van der Waals surface area contributed by atoms with Gasteiger partial charge < -0.3 is 5.11 Å². The van der Waals surface area contributed by atoms with Crippen LogP contribution >= 0.6 is 15.9 Å². The van der Waals surface area contributed by atoms with Crippen molar-refractivity contribution >= 4 is 15.9 Å². The van der Waals surface area contributed by atoms with Gasteiger partial charge in [0, 0.05) is 4.47 Å². The van der Waals surface area contributed by atoms with Crippen LogP contribution in [-0.2, 0) is 0 Å². The molecule has 18 heavy (non-hydrogen) atoms. The standard InChI is InChI=1S/C16H17BrO/c1-10-4-6-13(12(3)8-10)16(18)14-7-5-11(2)9-15(14)17/h4-9,16,18H,1-3H3. The lowest BCUT2D eigenvalue weighted by Gasteiger charge is -2.16. The molecule has 2 aromatic rings. The van der Waals surface area contributed by atoms with Crippen molar-refractivity contribution < 1.29 is 5.11 Å². The second-order valence-electron chi connectivity index (χ2n) is 4.79. The highest BCUT2D eigenvalue weighted by atomic mass is 79.9. The fraction of sp³-hybridized carbons (Fsp3) is 0.250. The number of aryl methyl sites for hydroxylation is 3. The lowest BCUT2D eigenvalue weighted by molar-refractivity contribution is 0.218. The molecule has 0 radical (unpaired) electrons. The van der Waals surface area contributed by atoms with Crippen molar-refractivity contribution in [3.63, 3.8) is 0 Å². The summed E-state index contributed by atoms with van der Waals surface area (Å²) < 4.78 is 0.954. The molecule has 1 N–H and O–H groups in total. The van der Waals surface area contributed by atoms with Gasteiger partial charge in [-0.2, -0.15) is 0 Å². The molecule has 0 bridgehead atoms. The van der Waals surface area contributed by atoms with Gasteiger partial charge in [0.1, 0.15) is 6.10 Å². The summed E-state index contributed by atoms with van der Waals surface area (Å²) in [6.45, 7) is 6.14. The van der Waals surface area contributed by atoms with E-state index in [0.29, 0.717) is 0 Å². The first kappa shape index (κ1) is 13.3. The van der Waals surface area contributed by atoms with Crippen LogP contribution in [0.25, 0.3) is 0 Å². The maximum absolute atomic E-state index is 10.5. The zero-order valence-electron chi connectivity index (χ0n) is 10.9. The predicted molar refractivity (Wildman–Crippen MR) is 78.9 cm³/mol. The molecule has 2 heteroatoms. The molecular weight excluding hydrogens is 288 g/mol. The van der Waals surface area contributed by atoms with Gasteiger partial charge >= 0.3 is 0 Å². The summed E-state index contributed by atoms with van der Waals surface area (Å²) in [6.07, 6.45) is -0.583. The molecule has 0 heterocycles. The van der Waals surface area contributed by atoms with Crippen molar-refractivity contribution in [2.75, 3.05) is 0 Å². The normalized spacial score (nSPS) is 12.5. The highest BCUT2D eigenvalue weighted by Crippen LogP contribution is 2.31. The number of rotatable bonds is 2. The van der Waals surface area contributed by atoms with Crippen LogP contribution in [0.15, 0.2) is 40.9 Å². The minimum Gasteiger partial charge on any atom is -0.384 e. The molecule has 94 valence electrons. The second-order valence-corrected chi connectivity index (χ2v) is 5.64. The summed E-state index contributed by atoms with van der Waals surface area (Å²) >= 11 is 3.52. The number of aliphatic hydroxyl groups is 1. The smallest absolute Gasteiger partial charge is 0.105 e. The zero-order chi connectivity index (χ0) is 13.3. The van der Waals surface area contributed by atoms with Crippen LogP contribution < -0.4 is 0 Å². The molecule has 0 fully saturated rings. The Bertz CT molecular complexity index is 524. The van der Waals surface area contributed by atoms with E-state index in [1.165, 1.54) is 11.1 Å². The van der Waals surface area contributed by atoms with Gasteiger partial charge in [0.25, 0.3) is 0 Å². The van der Waals surface area contributed by atoms with E-state index in [1.54, 1.807) is 0 Å². The third-order valence-electron chi connectivity index (χ3n) is 3.17. The Morgan fingerprint density at radius 2 is 1.44 bits per heavy atom. The quantitative estimate of drug-likeness (QED) is 0.868. The topological polar surface area (TPSA) is 20.2 Å². The lowest BCUT2D eigenvalue weighted by Crippen LogP contribution is -2.03. The summed E-state index contributed by atoms with van der Waals surface area (Å²) in [6, 6.07) is 12.2. The Kier molecular flexibility index (Phi) is 3.88. The predicted octanol–water partition coefficient (Wildman–Crippen LogP) is 4.46. The molecule has 0 aliphatic rings. The number of halogens is 1. The molecule has 2 rings (SSSR count). The summed E-state index contributed by atoms with van der Waals surface area (Å²) in [5.74, 6) is 0. The van der Waals surface area contributed by atoms with Crippen LogP contribution in [0.5, 0.6) is 0 Å². The summed E-state index contributed by atoms with van der Waals surface area (Å²) in [4.78, 5) is 0. The van der Waals surface area contributed by atoms with Crippen molar-refractivity contribution in [3.05, 3.63) is 68.7 Å².